The number of nitrogens with zero attached hydrogens (tertiary/aromatic N) is 2. The third kappa shape index (κ3) is 2.54. The van der Waals surface area contributed by atoms with Crippen molar-refractivity contribution in [3.05, 3.63) is 83.0 Å². The lowest BCUT2D eigenvalue weighted by molar-refractivity contribution is 0.628. The molecule has 0 bridgehead atoms. The number of anilines is 2. The standard InChI is InChI=1S/C18H13FN4O/c19-12-4-3-5-13(10-12)21-18-17(15-6-1-2-8-20-15)22-16-11-14(24)7-9-23(16)18/h1-11,21-22H. The quantitative estimate of drug-likeness (QED) is 0.606. The first-order valence-corrected chi connectivity index (χ1v) is 7.39. The zero-order valence-corrected chi connectivity index (χ0v) is 12.5. The van der Waals surface area contributed by atoms with Crippen molar-refractivity contribution in [1.82, 2.24) is 14.4 Å². The van der Waals surface area contributed by atoms with Crippen LogP contribution in [-0.2, 0) is 0 Å². The second-order valence-corrected chi connectivity index (χ2v) is 5.32. The molecule has 0 saturated heterocycles. The average Bonchev–Trinajstić information content (AvgIpc) is 2.93. The van der Waals surface area contributed by atoms with Crippen LogP contribution in [0.3, 0.4) is 0 Å². The molecule has 0 unspecified atom stereocenters. The summed E-state index contributed by atoms with van der Waals surface area (Å²) in [6, 6.07) is 14.7. The third-order valence-electron chi connectivity index (χ3n) is 3.67. The second-order valence-electron chi connectivity index (χ2n) is 5.32. The molecule has 3 heterocycles. The van der Waals surface area contributed by atoms with Gasteiger partial charge < -0.3 is 10.3 Å². The highest BCUT2D eigenvalue weighted by molar-refractivity contribution is 5.77. The van der Waals surface area contributed by atoms with Crippen molar-refractivity contribution in [2.24, 2.45) is 0 Å². The van der Waals surface area contributed by atoms with E-state index in [0.29, 0.717) is 28.5 Å². The Balaban J connectivity index is 1.92. The van der Waals surface area contributed by atoms with E-state index in [9.17, 15) is 9.18 Å². The molecule has 118 valence electrons. The molecule has 0 radical (unpaired) electrons. The van der Waals surface area contributed by atoms with Crippen molar-refractivity contribution in [3.8, 4) is 11.4 Å². The fourth-order valence-electron chi connectivity index (χ4n) is 2.60. The van der Waals surface area contributed by atoms with Gasteiger partial charge in [0.1, 0.15) is 23.0 Å². The Kier molecular flexibility index (Phi) is 3.35. The number of nitrogens with one attached hydrogen (secondary N) is 2. The smallest absolute Gasteiger partial charge is 0.183 e. The summed E-state index contributed by atoms with van der Waals surface area (Å²) in [4.78, 5) is 19.2. The Morgan fingerprint density at radius 3 is 2.79 bits per heavy atom. The van der Waals surface area contributed by atoms with Crippen LogP contribution >= 0.6 is 0 Å². The molecule has 5 nitrogen and oxygen atoms in total. The molecule has 1 aromatic carbocycles. The lowest BCUT2D eigenvalue weighted by Gasteiger charge is -2.09. The molecule has 0 atom stereocenters. The number of fused-ring (bicyclic) bond motifs is 1. The largest absolute Gasteiger partial charge is 0.339 e. The molecule has 0 spiro atoms. The fraction of sp³-hybridized carbons (Fsp3) is 0. The summed E-state index contributed by atoms with van der Waals surface area (Å²) in [7, 11) is 0. The number of H-pyrrole nitrogens is 1. The number of halogens is 1. The number of benzene rings is 1. The Morgan fingerprint density at radius 2 is 2.00 bits per heavy atom. The van der Waals surface area contributed by atoms with Crippen LogP contribution in [0.2, 0.25) is 0 Å². The van der Waals surface area contributed by atoms with Gasteiger partial charge in [-0.05, 0) is 30.3 Å². The number of rotatable bonds is 3. The van der Waals surface area contributed by atoms with Crippen LogP contribution in [0.1, 0.15) is 0 Å². The van der Waals surface area contributed by atoms with Crippen molar-refractivity contribution >= 4 is 17.2 Å². The van der Waals surface area contributed by atoms with Crippen molar-refractivity contribution in [3.63, 3.8) is 0 Å². The predicted octanol–water partition coefficient (Wildman–Crippen LogP) is 3.57. The molecule has 24 heavy (non-hydrogen) atoms. The number of hydrogen-bond acceptors (Lipinski definition) is 3. The van der Waals surface area contributed by atoms with Gasteiger partial charge in [-0.25, -0.2) is 4.39 Å². The predicted molar refractivity (Wildman–Crippen MR) is 90.9 cm³/mol. The minimum absolute atomic E-state index is 0.0962. The molecule has 0 amide bonds. The molecule has 4 aromatic rings. The number of aromatic nitrogens is 3. The van der Waals surface area contributed by atoms with Gasteiger partial charge in [0.05, 0.1) is 5.69 Å². The molecule has 4 rings (SSSR count). The number of hydrogen-bond donors (Lipinski definition) is 2. The zero-order chi connectivity index (χ0) is 16.5. The molecule has 6 heteroatoms. The Bertz CT molecular complexity index is 1070. The lowest BCUT2D eigenvalue weighted by Crippen LogP contribution is -2.01. The van der Waals surface area contributed by atoms with Crippen molar-refractivity contribution in [2.75, 3.05) is 5.32 Å². The van der Waals surface area contributed by atoms with E-state index in [4.69, 9.17) is 0 Å². The van der Waals surface area contributed by atoms with Gasteiger partial charge in [0, 0.05) is 30.2 Å². The monoisotopic (exact) mass is 320 g/mol. The highest BCUT2D eigenvalue weighted by Crippen LogP contribution is 2.29. The molecule has 0 saturated carbocycles. The minimum atomic E-state index is -0.328. The summed E-state index contributed by atoms with van der Waals surface area (Å²) in [5.41, 5.74) is 2.56. The summed E-state index contributed by atoms with van der Waals surface area (Å²) < 4.78 is 15.3. The molecule has 0 fully saturated rings. The Labute approximate surface area is 136 Å². The summed E-state index contributed by atoms with van der Waals surface area (Å²) >= 11 is 0. The number of pyridine rings is 2. The van der Waals surface area contributed by atoms with Gasteiger partial charge in [0.25, 0.3) is 0 Å². The highest BCUT2D eigenvalue weighted by atomic mass is 19.1. The average molecular weight is 320 g/mol. The summed E-state index contributed by atoms with van der Waals surface area (Å²) in [5, 5.41) is 3.20. The van der Waals surface area contributed by atoms with Crippen LogP contribution in [-0.4, -0.2) is 14.4 Å². The lowest BCUT2D eigenvalue weighted by atomic mass is 10.2. The van der Waals surface area contributed by atoms with Crippen molar-refractivity contribution in [1.29, 1.82) is 0 Å². The van der Waals surface area contributed by atoms with Crippen LogP contribution < -0.4 is 10.7 Å². The number of imidazole rings is 1. The van der Waals surface area contributed by atoms with Gasteiger partial charge >= 0.3 is 0 Å². The molecule has 0 aliphatic carbocycles. The Morgan fingerprint density at radius 1 is 1.08 bits per heavy atom. The Hall–Kier alpha value is -3.41. The van der Waals surface area contributed by atoms with Gasteiger partial charge in [0.2, 0.25) is 0 Å². The van der Waals surface area contributed by atoms with Crippen LogP contribution in [0.4, 0.5) is 15.9 Å². The van der Waals surface area contributed by atoms with E-state index in [0.717, 1.165) is 0 Å². The van der Waals surface area contributed by atoms with Gasteiger partial charge in [-0.3, -0.25) is 14.2 Å². The molecule has 2 N–H and O–H groups in total. The topological polar surface area (TPSA) is 62.2 Å². The van der Waals surface area contributed by atoms with E-state index in [1.807, 2.05) is 18.2 Å². The molecule has 3 aromatic heterocycles. The summed E-state index contributed by atoms with van der Waals surface area (Å²) in [5.74, 6) is 0.348. The highest BCUT2D eigenvalue weighted by Gasteiger charge is 2.14. The van der Waals surface area contributed by atoms with E-state index < -0.39 is 0 Å². The van der Waals surface area contributed by atoms with E-state index in [-0.39, 0.29) is 11.2 Å². The van der Waals surface area contributed by atoms with Gasteiger partial charge in [-0.15, -0.1) is 0 Å². The first-order valence-electron chi connectivity index (χ1n) is 7.39. The zero-order valence-electron chi connectivity index (χ0n) is 12.5. The molecule has 0 aliphatic heterocycles. The first-order chi connectivity index (χ1) is 11.7. The number of aromatic amines is 1. The first kappa shape index (κ1) is 14.2. The van der Waals surface area contributed by atoms with Crippen LogP contribution in [0.5, 0.6) is 0 Å². The second kappa shape index (κ2) is 5.66. The molecular formula is C18H13FN4O. The van der Waals surface area contributed by atoms with E-state index in [1.165, 1.54) is 24.3 Å². The summed E-state index contributed by atoms with van der Waals surface area (Å²) in [6.07, 6.45) is 3.36. The van der Waals surface area contributed by atoms with E-state index in [1.54, 1.807) is 28.9 Å². The van der Waals surface area contributed by atoms with Crippen molar-refractivity contribution < 1.29 is 4.39 Å². The SMILES string of the molecule is O=c1ccn2c(Nc3cccc(F)c3)c(-c3ccccn3)[nH]c2c1. The molecule has 0 aliphatic rings. The summed E-state index contributed by atoms with van der Waals surface area (Å²) in [6.45, 7) is 0. The van der Waals surface area contributed by atoms with E-state index >= 15 is 0 Å². The van der Waals surface area contributed by atoms with Crippen molar-refractivity contribution in [2.45, 2.75) is 0 Å². The van der Waals surface area contributed by atoms with Gasteiger partial charge in [-0.1, -0.05) is 12.1 Å². The van der Waals surface area contributed by atoms with Crippen LogP contribution in [0, 0.1) is 5.82 Å². The maximum absolute atomic E-state index is 13.5. The minimum Gasteiger partial charge on any atom is -0.339 e. The normalized spacial score (nSPS) is 10.9. The van der Waals surface area contributed by atoms with Crippen LogP contribution in [0.25, 0.3) is 17.0 Å². The van der Waals surface area contributed by atoms with Crippen LogP contribution in [0.15, 0.2) is 71.8 Å². The molecular weight excluding hydrogens is 307 g/mol. The fourth-order valence-corrected chi connectivity index (χ4v) is 2.60. The maximum Gasteiger partial charge on any atom is 0.183 e. The third-order valence-corrected chi connectivity index (χ3v) is 3.67. The van der Waals surface area contributed by atoms with E-state index in [2.05, 4.69) is 15.3 Å². The maximum atomic E-state index is 13.5. The van der Waals surface area contributed by atoms with Gasteiger partial charge in [0.15, 0.2) is 5.43 Å². The van der Waals surface area contributed by atoms with Gasteiger partial charge in [-0.2, -0.15) is 0 Å².